The number of aryl methyl sites for hydroxylation is 1. The molecule has 2 aromatic heterocycles. The second-order valence-corrected chi connectivity index (χ2v) is 8.61. The molecule has 7 nitrogen and oxygen atoms in total. The first kappa shape index (κ1) is 22.7. The number of carbonyl (C=O) groups excluding carboxylic acids is 1. The third-order valence-electron chi connectivity index (χ3n) is 6.46. The van der Waals surface area contributed by atoms with Crippen LogP contribution in [0.2, 0.25) is 0 Å². The van der Waals surface area contributed by atoms with Crippen LogP contribution in [-0.2, 0) is 6.42 Å². The van der Waals surface area contributed by atoms with E-state index in [1.54, 1.807) is 21.9 Å². The van der Waals surface area contributed by atoms with Crippen LogP contribution in [0.5, 0.6) is 5.88 Å². The summed E-state index contributed by atoms with van der Waals surface area (Å²) >= 11 is 0. The summed E-state index contributed by atoms with van der Waals surface area (Å²) in [5.74, 6) is -0.227. The Kier molecular flexibility index (Phi) is 6.87. The summed E-state index contributed by atoms with van der Waals surface area (Å²) in [4.78, 5) is 37.1. The number of amides is 1. The summed E-state index contributed by atoms with van der Waals surface area (Å²) in [5.41, 5.74) is 1.32. The molecule has 1 saturated heterocycles. The van der Waals surface area contributed by atoms with Crippen LogP contribution in [0.1, 0.15) is 72.4 Å². The lowest BCUT2D eigenvalue weighted by atomic mass is 9.99. The number of aromatic hydroxyl groups is 1. The van der Waals surface area contributed by atoms with Gasteiger partial charge in [0, 0.05) is 37.8 Å². The summed E-state index contributed by atoms with van der Waals surface area (Å²) in [7, 11) is 0. The van der Waals surface area contributed by atoms with E-state index in [1.165, 1.54) is 5.56 Å². The van der Waals surface area contributed by atoms with E-state index in [9.17, 15) is 14.7 Å². The van der Waals surface area contributed by atoms with Gasteiger partial charge in [-0.05, 0) is 43.0 Å². The Bertz CT molecular complexity index is 1160. The number of aromatic nitrogens is 3. The van der Waals surface area contributed by atoms with Crippen LogP contribution in [0.4, 0.5) is 0 Å². The van der Waals surface area contributed by atoms with Gasteiger partial charge < -0.3 is 10.0 Å². The van der Waals surface area contributed by atoms with Crippen LogP contribution in [0.15, 0.2) is 59.7 Å². The number of benzene rings is 1. The standard InChI is InChI=1S/C26H30N4O3/c1-3-4-10-22-28-24(31)23(26(33)30(22)18(2)19-11-14-27-15-12-19)25(32)29-16-13-21(17-29)20-8-6-5-7-9-20/h5-9,11-12,14-15,18,21,31H,3-4,10,13,16-17H2,1-2H3/t18?,21-/m0/s1. The quantitative estimate of drug-likeness (QED) is 0.594. The normalized spacial score (nSPS) is 16.7. The zero-order valence-electron chi connectivity index (χ0n) is 19.1. The Balaban J connectivity index is 1.70. The fourth-order valence-electron chi connectivity index (χ4n) is 4.55. The molecule has 0 saturated carbocycles. The first-order chi connectivity index (χ1) is 16.0. The molecule has 1 fully saturated rings. The number of hydrogen-bond acceptors (Lipinski definition) is 5. The molecular weight excluding hydrogens is 416 g/mol. The zero-order chi connectivity index (χ0) is 23.4. The van der Waals surface area contributed by atoms with E-state index >= 15 is 0 Å². The highest BCUT2D eigenvalue weighted by atomic mass is 16.3. The van der Waals surface area contributed by atoms with Crippen molar-refractivity contribution in [3.05, 3.63) is 87.7 Å². The number of pyridine rings is 1. The van der Waals surface area contributed by atoms with Crippen molar-refractivity contribution in [2.24, 2.45) is 0 Å². The van der Waals surface area contributed by atoms with Crippen LogP contribution in [-0.4, -0.2) is 43.5 Å². The minimum absolute atomic E-state index is 0.215. The minimum Gasteiger partial charge on any atom is -0.493 e. The first-order valence-electron chi connectivity index (χ1n) is 11.6. The van der Waals surface area contributed by atoms with E-state index in [1.807, 2.05) is 37.3 Å². The van der Waals surface area contributed by atoms with Crippen LogP contribution >= 0.6 is 0 Å². The molecule has 1 aromatic carbocycles. The van der Waals surface area contributed by atoms with Crippen molar-refractivity contribution in [2.75, 3.05) is 13.1 Å². The monoisotopic (exact) mass is 446 g/mol. The van der Waals surface area contributed by atoms with Crippen molar-refractivity contribution in [3.8, 4) is 5.88 Å². The highest BCUT2D eigenvalue weighted by molar-refractivity contribution is 5.96. The summed E-state index contributed by atoms with van der Waals surface area (Å²) in [6.45, 7) is 5.01. The molecule has 3 aromatic rings. The average Bonchev–Trinajstić information content (AvgIpc) is 3.34. The van der Waals surface area contributed by atoms with E-state index in [0.717, 1.165) is 24.8 Å². The smallest absolute Gasteiger partial charge is 0.270 e. The molecule has 4 rings (SSSR count). The van der Waals surface area contributed by atoms with Crippen LogP contribution < -0.4 is 5.56 Å². The number of unbranched alkanes of at least 4 members (excludes halogenated alkanes) is 1. The van der Waals surface area contributed by atoms with Crippen molar-refractivity contribution in [1.82, 2.24) is 19.4 Å². The zero-order valence-corrected chi connectivity index (χ0v) is 19.1. The van der Waals surface area contributed by atoms with Crippen molar-refractivity contribution in [1.29, 1.82) is 0 Å². The third kappa shape index (κ3) is 4.67. The van der Waals surface area contributed by atoms with Gasteiger partial charge in [0.15, 0.2) is 5.56 Å². The van der Waals surface area contributed by atoms with Gasteiger partial charge in [0.2, 0.25) is 5.88 Å². The van der Waals surface area contributed by atoms with E-state index in [-0.39, 0.29) is 17.5 Å². The summed E-state index contributed by atoms with van der Waals surface area (Å²) < 4.78 is 1.56. The Morgan fingerprint density at radius 3 is 2.61 bits per heavy atom. The van der Waals surface area contributed by atoms with Crippen LogP contribution in [0.3, 0.4) is 0 Å². The van der Waals surface area contributed by atoms with Crippen molar-refractivity contribution in [3.63, 3.8) is 0 Å². The number of carbonyl (C=O) groups is 1. The molecular formula is C26H30N4O3. The van der Waals surface area contributed by atoms with Gasteiger partial charge in [-0.15, -0.1) is 0 Å². The minimum atomic E-state index is -0.494. The van der Waals surface area contributed by atoms with Gasteiger partial charge in [0.25, 0.3) is 11.5 Å². The Morgan fingerprint density at radius 2 is 1.91 bits per heavy atom. The molecule has 0 radical (unpaired) electrons. The van der Waals surface area contributed by atoms with Crippen LogP contribution in [0, 0.1) is 0 Å². The maximum absolute atomic E-state index is 13.6. The number of likely N-dealkylation sites (tertiary alicyclic amines) is 1. The predicted octanol–water partition coefficient (Wildman–Crippen LogP) is 3.93. The van der Waals surface area contributed by atoms with Gasteiger partial charge in [-0.2, -0.15) is 4.98 Å². The van der Waals surface area contributed by atoms with Crippen LogP contribution in [0.25, 0.3) is 0 Å². The third-order valence-corrected chi connectivity index (χ3v) is 6.46. The van der Waals surface area contributed by atoms with Gasteiger partial charge in [0.1, 0.15) is 5.82 Å². The number of hydrogen-bond donors (Lipinski definition) is 1. The van der Waals surface area contributed by atoms with Crippen molar-refractivity contribution in [2.45, 2.75) is 51.5 Å². The Labute approximate surface area is 193 Å². The van der Waals surface area contributed by atoms with Crippen molar-refractivity contribution < 1.29 is 9.90 Å². The highest BCUT2D eigenvalue weighted by Crippen LogP contribution is 2.29. The molecule has 2 atom stereocenters. The molecule has 7 heteroatoms. The molecule has 3 heterocycles. The lowest BCUT2D eigenvalue weighted by Crippen LogP contribution is -2.38. The molecule has 1 aliphatic rings. The molecule has 1 aliphatic heterocycles. The molecule has 33 heavy (non-hydrogen) atoms. The second-order valence-electron chi connectivity index (χ2n) is 8.61. The first-order valence-corrected chi connectivity index (χ1v) is 11.6. The van der Waals surface area contributed by atoms with Gasteiger partial charge in [-0.25, -0.2) is 0 Å². The van der Waals surface area contributed by atoms with Gasteiger partial charge in [0.05, 0.1) is 6.04 Å². The molecule has 1 amide bonds. The topological polar surface area (TPSA) is 88.3 Å². The fourth-order valence-corrected chi connectivity index (χ4v) is 4.55. The summed E-state index contributed by atoms with van der Waals surface area (Å²) in [6.07, 6.45) is 6.47. The predicted molar refractivity (Wildman–Crippen MR) is 127 cm³/mol. The average molecular weight is 447 g/mol. The maximum atomic E-state index is 13.6. The second kappa shape index (κ2) is 9.98. The molecule has 1 unspecified atom stereocenters. The molecule has 0 bridgehead atoms. The SMILES string of the molecule is CCCCc1nc(O)c(C(=O)N2CC[C@H](c3ccccc3)C2)c(=O)n1C(C)c1ccncc1. The molecule has 0 aliphatic carbocycles. The summed E-state index contributed by atoms with van der Waals surface area (Å²) in [5, 5.41) is 10.7. The van der Waals surface area contributed by atoms with Gasteiger partial charge in [-0.1, -0.05) is 43.7 Å². The van der Waals surface area contributed by atoms with Gasteiger partial charge in [-0.3, -0.25) is 19.1 Å². The van der Waals surface area contributed by atoms with E-state index in [4.69, 9.17) is 0 Å². The Morgan fingerprint density at radius 1 is 1.18 bits per heavy atom. The molecule has 1 N–H and O–H groups in total. The van der Waals surface area contributed by atoms with Gasteiger partial charge >= 0.3 is 0 Å². The molecule has 0 spiro atoms. The van der Waals surface area contributed by atoms with E-state index < -0.39 is 17.3 Å². The maximum Gasteiger partial charge on any atom is 0.270 e. The largest absolute Gasteiger partial charge is 0.493 e. The van der Waals surface area contributed by atoms with E-state index in [2.05, 4.69) is 29.0 Å². The lowest BCUT2D eigenvalue weighted by molar-refractivity contribution is 0.0783. The van der Waals surface area contributed by atoms with Crippen molar-refractivity contribution >= 4 is 5.91 Å². The summed E-state index contributed by atoms with van der Waals surface area (Å²) in [6, 6.07) is 13.4. The Hall–Kier alpha value is -3.48. The number of rotatable bonds is 7. The number of nitrogens with zero attached hydrogens (tertiary/aromatic N) is 4. The highest BCUT2D eigenvalue weighted by Gasteiger charge is 2.33. The fraction of sp³-hybridized carbons (Fsp3) is 0.385. The van der Waals surface area contributed by atoms with E-state index in [0.29, 0.717) is 25.3 Å². The molecule has 172 valence electrons. The lowest BCUT2D eigenvalue weighted by Gasteiger charge is -2.22.